The zero-order valence-corrected chi connectivity index (χ0v) is 12.7. The third-order valence-corrected chi connectivity index (χ3v) is 2.93. The lowest BCUT2D eigenvalue weighted by atomic mass is 10.5. The van der Waals surface area contributed by atoms with Crippen LogP contribution in [0.15, 0.2) is 6.07 Å². The van der Waals surface area contributed by atoms with Crippen LogP contribution in [0.1, 0.15) is 0 Å². The fourth-order valence-corrected chi connectivity index (χ4v) is 1.59. The van der Waals surface area contributed by atoms with Crippen LogP contribution in [0.2, 0.25) is 15.2 Å². The van der Waals surface area contributed by atoms with Gasteiger partial charge in [0.05, 0.1) is 5.02 Å². The molecule has 0 saturated heterocycles. The molecule has 0 radical (unpaired) electrons. The maximum atomic E-state index is 11.4. The van der Waals surface area contributed by atoms with Crippen molar-refractivity contribution >= 4 is 40.8 Å². The molecule has 1 rings (SSSR count). The number of esters is 1. The summed E-state index contributed by atoms with van der Waals surface area (Å²) in [5, 5.41) is 0.449. The maximum Gasteiger partial charge on any atom is 0.344 e. The largest absolute Gasteiger partial charge is 0.465 e. The quantitative estimate of drug-likeness (QED) is 0.593. The van der Waals surface area contributed by atoms with Crippen LogP contribution in [0.25, 0.3) is 0 Å². The number of hydrogen-bond donors (Lipinski definition) is 0. The highest BCUT2D eigenvalue weighted by Crippen LogP contribution is 2.30. The SMILES string of the molecule is CN(C)CCOC(=O)COc1nc(Cl)c(Cl)cc1Cl. The van der Waals surface area contributed by atoms with Gasteiger partial charge in [-0.05, 0) is 20.2 Å². The summed E-state index contributed by atoms with van der Waals surface area (Å²) >= 11 is 17.3. The Bertz CT molecular complexity index is 455. The first-order valence-electron chi connectivity index (χ1n) is 5.35. The van der Waals surface area contributed by atoms with E-state index in [9.17, 15) is 4.79 Å². The van der Waals surface area contributed by atoms with Crippen LogP contribution in [-0.4, -0.2) is 49.7 Å². The molecule has 1 heterocycles. The van der Waals surface area contributed by atoms with Crippen LogP contribution < -0.4 is 4.74 Å². The van der Waals surface area contributed by atoms with Crippen molar-refractivity contribution in [3.05, 3.63) is 21.3 Å². The van der Waals surface area contributed by atoms with Gasteiger partial charge in [0.2, 0.25) is 5.88 Å². The van der Waals surface area contributed by atoms with E-state index in [0.717, 1.165) is 0 Å². The van der Waals surface area contributed by atoms with Gasteiger partial charge in [-0.1, -0.05) is 34.8 Å². The molecule has 0 spiro atoms. The molecule has 1 aromatic heterocycles. The lowest BCUT2D eigenvalue weighted by Crippen LogP contribution is -2.22. The lowest BCUT2D eigenvalue weighted by Gasteiger charge is -2.11. The van der Waals surface area contributed by atoms with Gasteiger partial charge in [0.15, 0.2) is 11.8 Å². The molecule has 0 aromatic carbocycles. The first-order chi connectivity index (χ1) is 8.90. The summed E-state index contributed by atoms with van der Waals surface area (Å²) in [7, 11) is 3.76. The van der Waals surface area contributed by atoms with E-state index in [-0.39, 0.29) is 34.3 Å². The summed E-state index contributed by atoms with van der Waals surface area (Å²) in [6, 6.07) is 1.39. The van der Waals surface area contributed by atoms with Crippen LogP contribution in [-0.2, 0) is 9.53 Å². The van der Waals surface area contributed by atoms with Crippen LogP contribution in [0.4, 0.5) is 0 Å². The van der Waals surface area contributed by atoms with E-state index in [1.54, 1.807) is 0 Å². The lowest BCUT2D eigenvalue weighted by molar-refractivity contribution is -0.146. The van der Waals surface area contributed by atoms with Crippen LogP contribution in [0, 0.1) is 0 Å². The second kappa shape index (κ2) is 7.75. The average molecular weight is 328 g/mol. The number of ether oxygens (including phenoxy) is 2. The Morgan fingerprint density at radius 1 is 1.32 bits per heavy atom. The van der Waals surface area contributed by atoms with E-state index in [1.165, 1.54) is 6.07 Å². The fraction of sp³-hybridized carbons (Fsp3) is 0.455. The first-order valence-corrected chi connectivity index (χ1v) is 6.48. The molecule has 0 N–H and O–H groups in total. The predicted octanol–water partition coefficient (Wildman–Crippen LogP) is 2.53. The van der Waals surface area contributed by atoms with Crippen molar-refractivity contribution in [1.82, 2.24) is 9.88 Å². The molecule has 0 aliphatic rings. The number of likely N-dealkylation sites (N-methyl/N-ethyl adjacent to an activating group) is 1. The number of hydrogen-bond acceptors (Lipinski definition) is 5. The molecule has 0 aliphatic heterocycles. The third kappa shape index (κ3) is 5.82. The van der Waals surface area contributed by atoms with E-state index in [1.807, 2.05) is 19.0 Å². The Morgan fingerprint density at radius 2 is 2.00 bits per heavy atom. The standard InChI is InChI=1S/C11H13Cl3N2O3/c1-16(2)3-4-18-9(17)6-19-11-8(13)5-7(12)10(14)15-11/h5H,3-4,6H2,1-2H3. The topological polar surface area (TPSA) is 51.7 Å². The van der Waals surface area contributed by atoms with E-state index >= 15 is 0 Å². The van der Waals surface area contributed by atoms with Gasteiger partial charge in [0.1, 0.15) is 11.6 Å². The van der Waals surface area contributed by atoms with Crippen molar-refractivity contribution < 1.29 is 14.3 Å². The minimum atomic E-state index is -0.509. The highest BCUT2D eigenvalue weighted by Gasteiger charge is 2.11. The number of aromatic nitrogens is 1. The minimum Gasteiger partial charge on any atom is -0.465 e. The van der Waals surface area contributed by atoms with Gasteiger partial charge in [-0.3, -0.25) is 0 Å². The Morgan fingerprint density at radius 3 is 2.63 bits per heavy atom. The third-order valence-electron chi connectivity index (χ3n) is 1.98. The zero-order valence-electron chi connectivity index (χ0n) is 10.5. The molecule has 0 atom stereocenters. The number of carbonyl (C=O) groups excluding carboxylic acids is 1. The second-order valence-electron chi connectivity index (χ2n) is 3.86. The predicted molar refractivity (Wildman–Crippen MR) is 74.3 cm³/mol. The molecule has 1 aromatic rings. The Balaban J connectivity index is 2.44. The molecule has 19 heavy (non-hydrogen) atoms. The molecular formula is C11H13Cl3N2O3. The Hall–Kier alpha value is -0.750. The summed E-state index contributed by atoms with van der Waals surface area (Å²) in [5.74, 6) is -0.466. The van der Waals surface area contributed by atoms with E-state index in [4.69, 9.17) is 44.3 Å². The molecule has 8 heteroatoms. The van der Waals surface area contributed by atoms with Gasteiger partial charge in [0, 0.05) is 6.54 Å². The van der Waals surface area contributed by atoms with Crippen molar-refractivity contribution in [2.24, 2.45) is 0 Å². The summed E-state index contributed by atoms with van der Waals surface area (Å²) in [4.78, 5) is 17.1. The summed E-state index contributed by atoms with van der Waals surface area (Å²) in [6.45, 7) is 0.632. The number of pyridine rings is 1. The van der Waals surface area contributed by atoms with E-state index in [0.29, 0.717) is 6.54 Å². The average Bonchev–Trinajstić information content (AvgIpc) is 2.31. The maximum absolute atomic E-state index is 11.4. The monoisotopic (exact) mass is 326 g/mol. The smallest absolute Gasteiger partial charge is 0.344 e. The van der Waals surface area contributed by atoms with E-state index < -0.39 is 5.97 Å². The van der Waals surface area contributed by atoms with Crippen molar-refractivity contribution in [2.45, 2.75) is 0 Å². The van der Waals surface area contributed by atoms with Gasteiger partial charge in [-0.2, -0.15) is 4.98 Å². The molecule has 0 saturated carbocycles. The van der Waals surface area contributed by atoms with Gasteiger partial charge >= 0.3 is 5.97 Å². The van der Waals surface area contributed by atoms with Crippen LogP contribution in [0.3, 0.4) is 0 Å². The normalized spacial score (nSPS) is 10.6. The molecule has 5 nitrogen and oxygen atoms in total. The van der Waals surface area contributed by atoms with Crippen molar-refractivity contribution in [1.29, 1.82) is 0 Å². The summed E-state index contributed by atoms with van der Waals surface area (Å²) in [5.41, 5.74) is 0. The number of nitrogens with zero attached hydrogens (tertiary/aromatic N) is 2. The van der Waals surface area contributed by atoms with Crippen molar-refractivity contribution in [3.63, 3.8) is 0 Å². The number of rotatable bonds is 6. The van der Waals surface area contributed by atoms with Gasteiger partial charge in [-0.25, -0.2) is 4.79 Å². The molecule has 106 valence electrons. The molecule has 0 bridgehead atoms. The fourth-order valence-electron chi connectivity index (χ4n) is 1.04. The Labute approximate surface area is 126 Å². The molecule has 0 fully saturated rings. The second-order valence-corrected chi connectivity index (χ2v) is 5.03. The highest BCUT2D eigenvalue weighted by molar-refractivity contribution is 6.42. The molecule has 0 unspecified atom stereocenters. The Kier molecular flexibility index (Phi) is 6.65. The highest BCUT2D eigenvalue weighted by atomic mass is 35.5. The van der Waals surface area contributed by atoms with Gasteiger partial charge < -0.3 is 14.4 Å². The van der Waals surface area contributed by atoms with Gasteiger partial charge in [0.25, 0.3) is 0 Å². The van der Waals surface area contributed by atoms with Crippen LogP contribution in [0.5, 0.6) is 5.88 Å². The van der Waals surface area contributed by atoms with Gasteiger partial charge in [-0.15, -0.1) is 0 Å². The summed E-state index contributed by atoms with van der Waals surface area (Å²) < 4.78 is 10.1. The minimum absolute atomic E-state index is 0.0422. The van der Waals surface area contributed by atoms with Crippen LogP contribution >= 0.6 is 34.8 Å². The molecular weight excluding hydrogens is 314 g/mol. The number of halogens is 3. The zero-order chi connectivity index (χ0) is 14.4. The summed E-state index contributed by atoms with van der Waals surface area (Å²) in [6.07, 6.45) is 0. The number of carbonyl (C=O) groups is 1. The van der Waals surface area contributed by atoms with Crippen molar-refractivity contribution in [3.8, 4) is 5.88 Å². The molecule has 0 amide bonds. The van der Waals surface area contributed by atoms with E-state index in [2.05, 4.69) is 4.98 Å². The van der Waals surface area contributed by atoms with Crippen molar-refractivity contribution in [2.75, 3.05) is 33.9 Å². The molecule has 0 aliphatic carbocycles. The first kappa shape index (κ1) is 16.3.